The van der Waals surface area contributed by atoms with Gasteiger partial charge in [-0.15, -0.1) is 0 Å². The van der Waals surface area contributed by atoms with Crippen LogP contribution in [0.25, 0.3) is 4.96 Å². The van der Waals surface area contributed by atoms with Crippen molar-refractivity contribution in [3.63, 3.8) is 0 Å². The van der Waals surface area contributed by atoms with Gasteiger partial charge < -0.3 is 35.7 Å². The highest BCUT2D eigenvalue weighted by Gasteiger charge is 2.32. The predicted octanol–water partition coefficient (Wildman–Crippen LogP) is 2.53. The van der Waals surface area contributed by atoms with Crippen LogP contribution in [0.3, 0.4) is 0 Å². The summed E-state index contributed by atoms with van der Waals surface area (Å²) >= 11 is 1.55. The number of rotatable bonds is 9. The molecule has 2 heterocycles. The van der Waals surface area contributed by atoms with Crippen LogP contribution in [-0.4, -0.2) is 56.6 Å². The molecule has 4 N–H and O–H groups in total. The Morgan fingerprint density at radius 1 is 1.11 bits per heavy atom. The summed E-state index contributed by atoms with van der Waals surface area (Å²) in [6.45, 7) is 3.64. The van der Waals surface area contributed by atoms with Crippen molar-refractivity contribution in [3.8, 4) is 5.75 Å². The molecule has 240 valence electrons. The lowest BCUT2D eigenvalue weighted by Crippen LogP contribution is -2.50. The van der Waals surface area contributed by atoms with Crippen LogP contribution in [0.2, 0.25) is 0 Å². The van der Waals surface area contributed by atoms with Crippen molar-refractivity contribution < 1.29 is 51.9 Å². The Bertz CT molecular complexity index is 1650. The number of anilines is 1. The van der Waals surface area contributed by atoms with Crippen LogP contribution in [-0.2, 0) is 34.3 Å². The Morgan fingerprint density at radius 2 is 1.71 bits per heavy atom. The number of aliphatic carboxylic acids is 1. The van der Waals surface area contributed by atoms with Gasteiger partial charge in [0.05, 0.1) is 25.3 Å². The molecule has 0 fully saturated rings. The summed E-state index contributed by atoms with van der Waals surface area (Å²) in [5, 5.41) is 23.2. The van der Waals surface area contributed by atoms with Crippen LogP contribution in [0.5, 0.6) is 5.75 Å². The highest BCUT2D eigenvalue weighted by Crippen LogP contribution is 2.20. The summed E-state index contributed by atoms with van der Waals surface area (Å²) in [6.07, 6.45) is -1.48. The fourth-order valence-corrected chi connectivity index (χ4v) is 4.90. The van der Waals surface area contributed by atoms with Gasteiger partial charge in [0.2, 0.25) is 5.91 Å². The zero-order valence-corrected chi connectivity index (χ0v) is 25.1. The lowest BCUT2D eigenvalue weighted by molar-refractivity contribution is -0.642. The molecule has 0 radical (unpaired) electrons. The van der Waals surface area contributed by atoms with E-state index in [4.69, 9.17) is 20.4 Å². The number of thiazole rings is 1. The Kier molecular flexibility index (Phi) is 11.1. The third-order valence-electron chi connectivity index (χ3n) is 6.15. The SMILES string of the molecule is CC(C)OC(=O)c1ccc(NC(=O)N(Cc2c[n+](C)c3sccn23)[C@@H](Cc2ccc(O)cc2)C(N)=O)cc1.O=C([O-])C(F)(F)F. The van der Waals surface area contributed by atoms with Crippen molar-refractivity contribution >= 4 is 45.9 Å². The van der Waals surface area contributed by atoms with E-state index in [9.17, 15) is 32.7 Å². The Morgan fingerprint density at radius 3 is 2.24 bits per heavy atom. The molecule has 2 aromatic heterocycles. The molecule has 16 heteroatoms. The van der Waals surface area contributed by atoms with E-state index in [0.29, 0.717) is 11.3 Å². The number of imidazole rings is 1. The monoisotopic (exact) mass is 649 g/mol. The second kappa shape index (κ2) is 14.6. The number of aryl methyl sites for hydroxylation is 1. The normalized spacial score (nSPS) is 11.8. The maximum absolute atomic E-state index is 13.6. The second-order valence-corrected chi connectivity index (χ2v) is 10.8. The summed E-state index contributed by atoms with van der Waals surface area (Å²) in [4.78, 5) is 49.6. The molecule has 3 amide bonds. The summed E-state index contributed by atoms with van der Waals surface area (Å²) in [5.41, 5.74) is 8.15. The number of halogens is 3. The number of hydrogen-bond acceptors (Lipinski definition) is 8. The molecule has 0 aliphatic heterocycles. The number of aromatic nitrogens is 2. The number of esters is 1. The van der Waals surface area contributed by atoms with Crippen LogP contribution < -0.4 is 20.7 Å². The molecule has 0 spiro atoms. The third kappa shape index (κ3) is 9.43. The number of alkyl halides is 3. The molecule has 12 nitrogen and oxygen atoms in total. The van der Waals surface area contributed by atoms with Crippen LogP contribution in [0.15, 0.2) is 66.3 Å². The van der Waals surface area contributed by atoms with E-state index < -0.39 is 36.1 Å². The zero-order chi connectivity index (χ0) is 33.5. The number of carboxylic acids is 1. The maximum Gasteiger partial charge on any atom is 0.430 e. The molecule has 0 unspecified atom stereocenters. The summed E-state index contributed by atoms with van der Waals surface area (Å²) in [7, 11) is 1.91. The zero-order valence-electron chi connectivity index (χ0n) is 24.3. The van der Waals surface area contributed by atoms with E-state index >= 15 is 0 Å². The molecule has 4 aromatic rings. The van der Waals surface area contributed by atoms with Crippen molar-refractivity contribution in [3.05, 3.63) is 83.1 Å². The first-order chi connectivity index (χ1) is 21.1. The Hall–Kier alpha value is -5.12. The smallest absolute Gasteiger partial charge is 0.430 e. The number of amides is 3. The van der Waals surface area contributed by atoms with E-state index in [1.54, 1.807) is 61.6 Å². The first-order valence-electron chi connectivity index (χ1n) is 13.2. The highest BCUT2D eigenvalue weighted by atomic mass is 32.1. The molecule has 0 bridgehead atoms. The minimum absolute atomic E-state index is 0.0974. The van der Waals surface area contributed by atoms with Crippen LogP contribution in [0, 0.1) is 0 Å². The summed E-state index contributed by atoms with van der Waals surface area (Å²) < 4.78 is 40.7. The fourth-order valence-electron chi connectivity index (χ4n) is 4.09. The van der Waals surface area contributed by atoms with Crippen molar-refractivity contribution in [2.24, 2.45) is 12.8 Å². The third-order valence-corrected chi connectivity index (χ3v) is 7.11. The minimum Gasteiger partial charge on any atom is -0.542 e. The Balaban J connectivity index is 0.000000707. The molecular formula is C29H30F3N5O7S. The number of carboxylic acid groups (broad SMARTS) is 1. The van der Waals surface area contributed by atoms with E-state index in [1.165, 1.54) is 17.0 Å². The number of nitrogens with zero attached hydrogens (tertiary/aromatic N) is 3. The molecule has 0 saturated heterocycles. The van der Waals surface area contributed by atoms with Gasteiger partial charge in [-0.3, -0.25) is 4.79 Å². The second-order valence-electron chi connectivity index (χ2n) is 9.95. The van der Waals surface area contributed by atoms with Gasteiger partial charge >= 0.3 is 23.1 Å². The summed E-state index contributed by atoms with van der Waals surface area (Å²) in [6, 6.07) is 11.2. The minimum atomic E-state index is -5.19. The average molecular weight is 650 g/mol. The predicted molar refractivity (Wildman–Crippen MR) is 154 cm³/mol. The highest BCUT2D eigenvalue weighted by molar-refractivity contribution is 7.14. The number of carbonyl (C=O) groups is 4. The average Bonchev–Trinajstić information content (AvgIpc) is 3.55. The van der Waals surface area contributed by atoms with Gasteiger partial charge in [-0.1, -0.05) is 23.5 Å². The molecular weight excluding hydrogens is 619 g/mol. The number of primary amides is 1. The van der Waals surface area contributed by atoms with Gasteiger partial charge in [0.15, 0.2) is 5.69 Å². The molecule has 45 heavy (non-hydrogen) atoms. The number of urea groups is 1. The number of nitrogens with two attached hydrogens (primary N) is 1. The number of hydrogen-bond donors (Lipinski definition) is 3. The lowest BCUT2D eigenvalue weighted by atomic mass is 10.0. The first kappa shape index (κ1) is 34.4. The van der Waals surface area contributed by atoms with Gasteiger partial charge in [0, 0.05) is 17.5 Å². The standard InChI is InChI=1S/C27H29N5O5S.C2HF3O2/c1-17(2)37-25(35)19-6-8-20(9-7-19)29-26(36)32(16-21-15-30(3)27-31(21)12-13-38-27)23(24(28)34)14-18-4-10-22(33)11-5-18;3-2(4,5)1(6)7/h4-13,15,17,23H,14,16H2,1-3H3,(H3-,28,29,33,34,35,36);(H,6,7)/t23-;/m0./s1. The molecule has 4 rings (SSSR count). The maximum atomic E-state index is 13.6. The van der Waals surface area contributed by atoms with Gasteiger partial charge in [-0.05, 0) is 55.8 Å². The van der Waals surface area contributed by atoms with Crippen LogP contribution in [0.1, 0.15) is 35.5 Å². The Labute approximate surface area is 259 Å². The van der Waals surface area contributed by atoms with Crippen molar-refractivity contribution in [1.82, 2.24) is 9.30 Å². The largest absolute Gasteiger partial charge is 0.542 e. The van der Waals surface area contributed by atoms with Crippen LogP contribution >= 0.6 is 11.3 Å². The molecule has 0 aliphatic rings. The number of fused-ring (bicyclic) bond motifs is 1. The fraction of sp³-hybridized carbons (Fsp3) is 0.276. The number of phenols is 1. The molecule has 1 atom stereocenters. The van der Waals surface area contributed by atoms with Gasteiger partial charge in [0.1, 0.15) is 30.2 Å². The van der Waals surface area contributed by atoms with Crippen molar-refractivity contribution in [1.29, 1.82) is 0 Å². The van der Waals surface area contributed by atoms with E-state index in [2.05, 4.69) is 5.32 Å². The van der Waals surface area contributed by atoms with E-state index in [1.807, 2.05) is 33.8 Å². The van der Waals surface area contributed by atoms with Gasteiger partial charge in [-0.25, -0.2) is 14.2 Å². The van der Waals surface area contributed by atoms with E-state index in [-0.39, 0.29) is 24.8 Å². The quantitative estimate of drug-likeness (QED) is 0.185. The first-order valence-corrected chi connectivity index (χ1v) is 14.1. The molecule has 0 saturated carbocycles. The molecule has 0 aliphatic carbocycles. The number of ether oxygens (including phenoxy) is 1. The van der Waals surface area contributed by atoms with Crippen molar-refractivity contribution in [2.45, 2.75) is 45.1 Å². The number of nitrogens with one attached hydrogen (secondary N) is 1. The van der Waals surface area contributed by atoms with Gasteiger partial charge in [0.25, 0.3) is 0 Å². The summed E-state index contributed by atoms with van der Waals surface area (Å²) in [5.74, 6) is -4.03. The number of phenolic OH excluding ortho intramolecular Hbond substituents is 1. The van der Waals surface area contributed by atoms with E-state index in [0.717, 1.165) is 16.2 Å². The topological polar surface area (TPSA) is 170 Å². The molecule has 2 aromatic carbocycles. The van der Waals surface area contributed by atoms with Gasteiger partial charge in [-0.2, -0.15) is 17.6 Å². The number of benzene rings is 2. The lowest BCUT2D eigenvalue weighted by Gasteiger charge is -2.29. The number of carbonyl (C=O) groups excluding carboxylic acids is 4. The van der Waals surface area contributed by atoms with Crippen molar-refractivity contribution in [2.75, 3.05) is 5.32 Å². The number of aromatic hydroxyl groups is 1. The van der Waals surface area contributed by atoms with Crippen LogP contribution in [0.4, 0.5) is 23.7 Å².